The molecule has 0 saturated carbocycles. The highest BCUT2D eigenvalue weighted by atomic mass is 35.5. The maximum Gasteiger partial charge on any atom is 0.255 e. The van der Waals surface area contributed by atoms with Crippen molar-refractivity contribution in [2.24, 2.45) is 0 Å². The number of aromatic amines is 1. The van der Waals surface area contributed by atoms with E-state index in [0.717, 1.165) is 0 Å². The van der Waals surface area contributed by atoms with Gasteiger partial charge in [-0.25, -0.2) is 18.7 Å². The summed E-state index contributed by atoms with van der Waals surface area (Å²) in [5.41, 5.74) is 1.45. The fourth-order valence-corrected chi connectivity index (χ4v) is 1.41. The molecule has 0 aromatic carbocycles. The summed E-state index contributed by atoms with van der Waals surface area (Å²) in [5, 5.41) is 2.78. The van der Waals surface area contributed by atoms with Crippen molar-refractivity contribution < 1.29 is 8.78 Å². The Hall–Kier alpha value is -1.43. The van der Waals surface area contributed by atoms with Crippen LogP contribution in [0, 0.1) is 0 Å². The molecular formula is C8H7ClF2N4. The molecular weight excluding hydrogens is 226 g/mol. The molecule has 4 nitrogen and oxygen atoms in total. The van der Waals surface area contributed by atoms with Gasteiger partial charge in [0.2, 0.25) is 0 Å². The Morgan fingerprint density at radius 2 is 2.33 bits per heavy atom. The minimum atomic E-state index is -2.42. The molecule has 0 aliphatic heterocycles. The van der Waals surface area contributed by atoms with Crippen LogP contribution in [0.4, 0.5) is 14.5 Å². The van der Waals surface area contributed by atoms with Gasteiger partial charge in [-0.05, 0) is 0 Å². The summed E-state index contributed by atoms with van der Waals surface area (Å²) >= 11 is 5.70. The maximum atomic E-state index is 12.0. The van der Waals surface area contributed by atoms with Crippen molar-refractivity contribution in [2.75, 3.05) is 11.9 Å². The van der Waals surface area contributed by atoms with E-state index in [0.29, 0.717) is 16.9 Å². The third kappa shape index (κ3) is 2.15. The molecule has 0 aliphatic rings. The summed E-state index contributed by atoms with van der Waals surface area (Å²) in [5.74, 6) is 0. The van der Waals surface area contributed by atoms with E-state index in [-0.39, 0.29) is 5.15 Å². The van der Waals surface area contributed by atoms with Crippen LogP contribution in [0.5, 0.6) is 0 Å². The molecule has 2 rings (SSSR count). The SMILES string of the molecule is FC(F)CNc1cc(Cl)nc2nc[nH]c12. The lowest BCUT2D eigenvalue weighted by Crippen LogP contribution is -2.10. The van der Waals surface area contributed by atoms with Crippen molar-refractivity contribution in [1.29, 1.82) is 0 Å². The average Bonchev–Trinajstić information content (AvgIpc) is 2.61. The van der Waals surface area contributed by atoms with Gasteiger partial charge in [-0.2, -0.15) is 0 Å². The number of fused-ring (bicyclic) bond motifs is 1. The number of halogens is 3. The highest BCUT2D eigenvalue weighted by Gasteiger charge is 2.08. The number of H-pyrrole nitrogens is 1. The molecule has 2 heterocycles. The van der Waals surface area contributed by atoms with Crippen LogP contribution in [0.25, 0.3) is 11.2 Å². The van der Waals surface area contributed by atoms with Crippen molar-refractivity contribution in [3.05, 3.63) is 17.5 Å². The van der Waals surface area contributed by atoms with E-state index < -0.39 is 13.0 Å². The van der Waals surface area contributed by atoms with Gasteiger partial charge in [0, 0.05) is 6.07 Å². The first-order valence-corrected chi connectivity index (χ1v) is 4.56. The number of aromatic nitrogens is 3. The second kappa shape index (κ2) is 3.98. The average molecular weight is 233 g/mol. The largest absolute Gasteiger partial charge is 0.377 e. The van der Waals surface area contributed by atoms with Crippen LogP contribution >= 0.6 is 11.6 Å². The first kappa shape index (κ1) is 10.1. The van der Waals surface area contributed by atoms with Crippen LogP contribution in [-0.4, -0.2) is 27.9 Å². The molecule has 0 radical (unpaired) electrons. The lowest BCUT2D eigenvalue weighted by atomic mass is 10.3. The molecule has 0 fully saturated rings. The lowest BCUT2D eigenvalue weighted by Gasteiger charge is -2.06. The van der Waals surface area contributed by atoms with Crippen molar-refractivity contribution in [3.8, 4) is 0 Å². The fraction of sp³-hybridized carbons (Fsp3) is 0.250. The van der Waals surface area contributed by atoms with Crippen molar-refractivity contribution >= 4 is 28.5 Å². The highest BCUT2D eigenvalue weighted by Crippen LogP contribution is 2.22. The van der Waals surface area contributed by atoms with Gasteiger partial charge in [0.25, 0.3) is 6.43 Å². The molecule has 2 N–H and O–H groups in total. The molecule has 7 heteroatoms. The third-order valence-electron chi connectivity index (χ3n) is 1.81. The number of anilines is 1. The van der Waals surface area contributed by atoms with Gasteiger partial charge in [0.05, 0.1) is 18.6 Å². The summed E-state index contributed by atoms with van der Waals surface area (Å²) in [6.45, 7) is -0.436. The van der Waals surface area contributed by atoms with Crippen LogP contribution < -0.4 is 5.32 Å². The topological polar surface area (TPSA) is 53.6 Å². The van der Waals surface area contributed by atoms with Gasteiger partial charge in [0.1, 0.15) is 10.7 Å². The zero-order valence-corrected chi connectivity index (χ0v) is 8.22. The molecule has 0 spiro atoms. The normalized spacial score (nSPS) is 11.2. The Labute approximate surface area is 88.7 Å². The van der Waals surface area contributed by atoms with Gasteiger partial charge in [-0.15, -0.1) is 0 Å². The summed E-state index contributed by atoms with van der Waals surface area (Å²) < 4.78 is 24.0. The second-order valence-electron chi connectivity index (χ2n) is 2.87. The van der Waals surface area contributed by atoms with Gasteiger partial charge in [-0.1, -0.05) is 11.6 Å². The monoisotopic (exact) mass is 232 g/mol. The number of nitrogens with one attached hydrogen (secondary N) is 2. The maximum absolute atomic E-state index is 12.0. The third-order valence-corrected chi connectivity index (χ3v) is 2.01. The highest BCUT2D eigenvalue weighted by molar-refractivity contribution is 6.30. The Morgan fingerprint density at radius 3 is 3.07 bits per heavy atom. The Balaban J connectivity index is 2.35. The first-order chi connectivity index (χ1) is 7.16. The summed E-state index contributed by atoms with van der Waals surface area (Å²) in [4.78, 5) is 10.6. The molecule has 0 atom stereocenters. The predicted molar refractivity (Wildman–Crippen MR) is 53.4 cm³/mol. The minimum Gasteiger partial charge on any atom is -0.377 e. The number of imidazole rings is 1. The summed E-state index contributed by atoms with van der Waals surface area (Å²) in [6.07, 6.45) is -0.989. The Bertz CT molecular complexity index is 471. The zero-order chi connectivity index (χ0) is 10.8. The van der Waals surface area contributed by atoms with Gasteiger partial charge < -0.3 is 10.3 Å². The fourth-order valence-electron chi connectivity index (χ4n) is 1.22. The second-order valence-corrected chi connectivity index (χ2v) is 3.25. The number of nitrogens with zero attached hydrogens (tertiary/aromatic N) is 2. The number of alkyl halides is 2. The Kier molecular flexibility index (Phi) is 2.68. The molecule has 2 aromatic rings. The Morgan fingerprint density at radius 1 is 1.53 bits per heavy atom. The summed E-state index contributed by atoms with van der Waals surface area (Å²) in [6, 6.07) is 1.48. The van der Waals surface area contributed by atoms with E-state index in [1.807, 2.05) is 0 Å². The zero-order valence-electron chi connectivity index (χ0n) is 7.47. The molecule has 0 amide bonds. The van der Waals surface area contributed by atoms with Crippen LogP contribution in [-0.2, 0) is 0 Å². The standard InChI is InChI=1S/C8H7ClF2N4/c9-5-1-4(12-2-6(10)11)7-8(15-5)14-3-13-7/h1,3,6H,2H2,(H2,12,13,14,15). The van der Waals surface area contributed by atoms with Crippen molar-refractivity contribution in [2.45, 2.75) is 6.43 Å². The number of hydrogen-bond donors (Lipinski definition) is 2. The van der Waals surface area contributed by atoms with Crippen molar-refractivity contribution in [3.63, 3.8) is 0 Å². The molecule has 2 aromatic heterocycles. The van der Waals surface area contributed by atoms with Crippen LogP contribution in [0.3, 0.4) is 0 Å². The van der Waals surface area contributed by atoms with Gasteiger partial charge in [-0.3, -0.25) is 0 Å². The van der Waals surface area contributed by atoms with Gasteiger partial charge in [0.15, 0.2) is 5.65 Å². The van der Waals surface area contributed by atoms with Crippen LogP contribution in [0.2, 0.25) is 5.15 Å². The minimum absolute atomic E-state index is 0.214. The van der Waals surface area contributed by atoms with Crippen LogP contribution in [0.15, 0.2) is 12.4 Å². The molecule has 15 heavy (non-hydrogen) atoms. The van der Waals surface area contributed by atoms with E-state index in [2.05, 4.69) is 20.3 Å². The molecule has 80 valence electrons. The number of hydrogen-bond acceptors (Lipinski definition) is 3. The number of rotatable bonds is 3. The molecule has 0 aliphatic carbocycles. The number of pyridine rings is 1. The van der Waals surface area contributed by atoms with Gasteiger partial charge >= 0.3 is 0 Å². The summed E-state index contributed by atoms with van der Waals surface area (Å²) in [7, 11) is 0. The van der Waals surface area contributed by atoms with E-state index in [4.69, 9.17) is 11.6 Å². The van der Waals surface area contributed by atoms with E-state index in [9.17, 15) is 8.78 Å². The van der Waals surface area contributed by atoms with Crippen molar-refractivity contribution in [1.82, 2.24) is 15.0 Å². The quantitative estimate of drug-likeness (QED) is 0.799. The molecule has 0 saturated heterocycles. The molecule has 0 bridgehead atoms. The predicted octanol–water partition coefficient (Wildman–Crippen LogP) is 2.29. The van der Waals surface area contributed by atoms with Crippen LogP contribution in [0.1, 0.15) is 0 Å². The lowest BCUT2D eigenvalue weighted by molar-refractivity contribution is 0.163. The first-order valence-electron chi connectivity index (χ1n) is 4.18. The molecule has 0 unspecified atom stereocenters. The van der Waals surface area contributed by atoms with E-state index in [1.165, 1.54) is 12.4 Å². The smallest absolute Gasteiger partial charge is 0.255 e. The van der Waals surface area contributed by atoms with E-state index >= 15 is 0 Å². The van der Waals surface area contributed by atoms with E-state index in [1.54, 1.807) is 0 Å².